The number of thioether (sulfide) groups is 1. The molecule has 0 radical (unpaired) electrons. The van der Waals surface area contributed by atoms with Gasteiger partial charge in [0.2, 0.25) is 5.16 Å². The van der Waals surface area contributed by atoms with E-state index < -0.39 is 12.0 Å². The molecule has 2 rings (SSSR count). The molecule has 2 N–H and O–H groups in total. The number of nitrogen functional groups attached to an aromatic ring is 1. The van der Waals surface area contributed by atoms with Gasteiger partial charge in [0.1, 0.15) is 5.75 Å². The molecule has 0 saturated carbocycles. The predicted molar refractivity (Wildman–Crippen MR) is 72.6 cm³/mol. The van der Waals surface area contributed by atoms with Crippen LogP contribution in [0.3, 0.4) is 0 Å². The number of halogens is 3. The Balaban J connectivity index is 1.87. The summed E-state index contributed by atoms with van der Waals surface area (Å²) in [6, 6.07) is 8.53. The van der Waals surface area contributed by atoms with E-state index in [1.807, 2.05) is 6.07 Å². The number of nitriles is 1. The highest BCUT2D eigenvalue weighted by Crippen LogP contribution is 2.28. The number of hydrogen-bond acceptors (Lipinski definition) is 6. The molecule has 0 aliphatic carbocycles. The van der Waals surface area contributed by atoms with E-state index >= 15 is 0 Å². The van der Waals surface area contributed by atoms with E-state index in [9.17, 15) is 13.2 Å². The Morgan fingerprint density at radius 3 is 2.77 bits per heavy atom. The number of rotatable bonds is 5. The Hall–Kier alpha value is -2.41. The lowest BCUT2D eigenvalue weighted by Gasteiger charge is -2.07. The maximum absolute atomic E-state index is 12.5. The van der Waals surface area contributed by atoms with Crippen molar-refractivity contribution in [2.24, 2.45) is 0 Å². The van der Waals surface area contributed by atoms with Crippen molar-refractivity contribution in [3.63, 3.8) is 0 Å². The van der Waals surface area contributed by atoms with Crippen LogP contribution in [0.15, 0.2) is 29.4 Å². The zero-order chi connectivity index (χ0) is 16.2. The summed E-state index contributed by atoms with van der Waals surface area (Å²) in [5.74, 6) is 4.87. The molecule has 1 aromatic heterocycles. The molecular weight excluding hydrogens is 319 g/mol. The van der Waals surface area contributed by atoms with E-state index in [4.69, 9.17) is 15.8 Å². The number of alkyl halides is 3. The standard InChI is InChI=1S/C12H10F3N5OS/c13-12(14,15)10-18-19-11(20(10)17)22-5-4-21-9-3-1-2-8(6-9)7-16/h1-3,6H,4-5,17H2. The van der Waals surface area contributed by atoms with Crippen molar-refractivity contribution in [3.05, 3.63) is 35.7 Å². The fourth-order valence-electron chi connectivity index (χ4n) is 1.52. The maximum atomic E-state index is 12.5. The second kappa shape index (κ2) is 6.57. The van der Waals surface area contributed by atoms with Crippen LogP contribution in [-0.4, -0.2) is 27.2 Å². The molecule has 0 bridgehead atoms. The molecular formula is C12H10F3N5OS. The summed E-state index contributed by atoms with van der Waals surface area (Å²) in [6.07, 6.45) is -4.64. The number of benzene rings is 1. The van der Waals surface area contributed by atoms with Crippen LogP contribution in [0.2, 0.25) is 0 Å². The molecule has 2 aromatic rings. The van der Waals surface area contributed by atoms with E-state index in [2.05, 4.69) is 10.2 Å². The third-order valence-electron chi connectivity index (χ3n) is 2.46. The number of ether oxygens (including phenoxy) is 1. The monoisotopic (exact) mass is 329 g/mol. The highest BCUT2D eigenvalue weighted by atomic mass is 32.2. The third kappa shape index (κ3) is 3.82. The van der Waals surface area contributed by atoms with Gasteiger partial charge in [0.15, 0.2) is 0 Å². The van der Waals surface area contributed by atoms with E-state index in [1.165, 1.54) is 0 Å². The lowest BCUT2D eigenvalue weighted by atomic mass is 10.2. The molecule has 116 valence electrons. The summed E-state index contributed by atoms with van der Waals surface area (Å²) in [7, 11) is 0. The van der Waals surface area contributed by atoms with E-state index in [0.717, 1.165) is 11.8 Å². The summed E-state index contributed by atoms with van der Waals surface area (Å²) in [5.41, 5.74) is 0.460. The molecule has 1 aromatic carbocycles. The Bertz CT molecular complexity index is 695. The molecule has 1 heterocycles. The van der Waals surface area contributed by atoms with Crippen LogP contribution in [0, 0.1) is 11.3 Å². The average molecular weight is 329 g/mol. The zero-order valence-electron chi connectivity index (χ0n) is 11.0. The Kier molecular flexibility index (Phi) is 4.77. The van der Waals surface area contributed by atoms with Gasteiger partial charge in [-0.1, -0.05) is 17.8 Å². The van der Waals surface area contributed by atoms with Gasteiger partial charge in [0, 0.05) is 5.75 Å². The molecule has 0 fully saturated rings. The molecule has 0 amide bonds. The Morgan fingerprint density at radius 1 is 1.36 bits per heavy atom. The third-order valence-corrected chi connectivity index (χ3v) is 3.37. The molecule has 10 heteroatoms. The van der Waals surface area contributed by atoms with Crippen LogP contribution >= 0.6 is 11.8 Å². The van der Waals surface area contributed by atoms with Gasteiger partial charge in [0.05, 0.1) is 18.2 Å². The van der Waals surface area contributed by atoms with Crippen molar-refractivity contribution in [2.75, 3.05) is 18.2 Å². The fourth-order valence-corrected chi connectivity index (χ4v) is 2.19. The molecule has 22 heavy (non-hydrogen) atoms. The minimum Gasteiger partial charge on any atom is -0.493 e. The average Bonchev–Trinajstić information content (AvgIpc) is 2.85. The highest BCUT2D eigenvalue weighted by molar-refractivity contribution is 7.99. The van der Waals surface area contributed by atoms with Crippen LogP contribution in [0.5, 0.6) is 5.75 Å². The number of nitrogens with zero attached hydrogens (tertiary/aromatic N) is 4. The number of aromatic nitrogens is 3. The molecule has 0 spiro atoms. The Morgan fingerprint density at radius 2 is 2.14 bits per heavy atom. The van der Waals surface area contributed by atoms with Crippen LogP contribution in [0.1, 0.15) is 11.4 Å². The molecule has 6 nitrogen and oxygen atoms in total. The van der Waals surface area contributed by atoms with Crippen molar-refractivity contribution in [1.29, 1.82) is 5.26 Å². The molecule has 0 saturated heterocycles. The van der Waals surface area contributed by atoms with Gasteiger partial charge in [-0.3, -0.25) is 0 Å². The Labute approximate surface area is 127 Å². The first kappa shape index (κ1) is 16.0. The summed E-state index contributed by atoms with van der Waals surface area (Å²) in [6.45, 7) is 0.216. The van der Waals surface area contributed by atoms with Crippen molar-refractivity contribution >= 4 is 11.8 Å². The number of hydrogen-bond donors (Lipinski definition) is 1. The van der Waals surface area contributed by atoms with Crippen molar-refractivity contribution < 1.29 is 17.9 Å². The van der Waals surface area contributed by atoms with Crippen LogP contribution in [0.4, 0.5) is 13.2 Å². The zero-order valence-corrected chi connectivity index (χ0v) is 11.9. The minimum absolute atomic E-state index is 0.0540. The molecule has 0 atom stereocenters. The first-order chi connectivity index (χ1) is 10.4. The summed E-state index contributed by atoms with van der Waals surface area (Å²) in [5, 5.41) is 15.1. The second-order valence-corrected chi connectivity index (χ2v) is 5.07. The van der Waals surface area contributed by atoms with E-state index in [0.29, 0.717) is 21.7 Å². The first-order valence-electron chi connectivity index (χ1n) is 5.95. The van der Waals surface area contributed by atoms with Crippen LogP contribution in [-0.2, 0) is 6.18 Å². The fraction of sp³-hybridized carbons (Fsp3) is 0.250. The largest absolute Gasteiger partial charge is 0.493 e. The van der Waals surface area contributed by atoms with Gasteiger partial charge < -0.3 is 10.6 Å². The van der Waals surface area contributed by atoms with Crippen molar-refractivity contribution in [3.8, 4) is 11.8 Å². The van der Waals surface area contributed by atoms with Gasteiger partial charge in [-0.15, -0.1) is 10.2 Å². The predicted octanol–water partition coefficient (Wildman–Crippen LogP) is 2.05. The SMILES string of the molecule is N#Cc1cccc(OCCSc2nnc(C(F)(F)F)n2N)c1. The van der Waals surface area contributed by atoms with Gasteiger partial charge in [-0.2, -0.15) is 18.4 Å². The topological polar surface area (TPSA) is 89.8 Å². The normalized spacial score (nSPS) is 11.2. The lowest BCUT2D eigenvalue weighted by molar-refractivity contribution is -0.146. The molecule has 0 unspecified atom stereocenters. The summed E-state index contributed by atoms with van der Waals surface area (Å²) < 4.78 is 43.2. The van der Waals surface area contributed by atoms with Crippen LogP contribution in [0.25, 0.3) is 0 Å². The minimum atomic E-state index is -4.64. The van der Waals surface area contributed by atoms with Crippen LogP contribution < -0.4 is 10.6 Å². The number of nitrogens with two attached hydrogens (primary N) is 1. The smallest absolute Gasteiger partial charge is 0.453 e. The molecule has 0 aliphatic rings. The van der Waals surface area contributed by atoms with Gasteiger partial charge in [-0.05, 0) is 18.2 Å². The van der Waals surface area contributed by atoms with E-state index in [1.54, 1.807) is 24.3 Å². The van der Waals surface area contributed by atoms with Gasteiger partial charge in [-0.25, -0.2) is 4.68 Å². The summed E-state index contributed by atoms with van der Waals surface area (Å²) in [4.78, 5) is 0. The summed E-state index contributed by atoms with van der Waals surface area (Å²) >= 11 is 0.988. The van der Waals surface area contributed by atoms with Crippen molar-refractivity contribution in [2.45, 2.75) is 11.3 Å². The van der Waals surface area contributed by atoms with E-state index in [-0.39, 0.29) is 11.8 Å². The lowest BCUT2D eigenvalue weighted by Crippen LogP contribution is -2.21. The maximum Gasteiger partial charge on any atom is 0.453 e. The quantitative estimate of drug-likeness (QED) is 0.513. The second-order valence-electron chi connectivity index (χ2n) is 4.01. The highest BCUT2D eigenvalue weighted by Gasteiger charge is 2.38. The van der Waals surface area contributed by atoms with Crippen molar-refractivity contribution in [1.82, 2.24) is 14.9 Å². The van der Waals surface area contributed by atoms with Gasteiger partial charge in [0.25, 0.3) is 5.82 Å². The van der Waals surface area contributed by atoms with Gasteiger partial charge >= 0.3 is 6.18 Å². The molecule has 0 aliphatic heterocycles. The first-order valence-corrected chi connectivity index (χ1v) is 6.94.